The van der Waals surface area contributed by atoms with Gasteiger partial charge in [-0.2, -0.15) is 0 Å². The van der Waals surface area contributed by atoms with E-state index in [1.54, 1.807) is 16.3 Å². The first-order valence-electron chi connectivity index (χ1n) is 9.32. The van der Waals surface area contributed by atoms with E-state index in [-0.39, 0.29) is 23.9 Å². The Morgan fingerprint density at radius 3 is 2.59 bits per heavy atom. The van der Waals surface area contributed by atoms with Gasteiger partial charge in [0.15, 0.2) is 5.16 Å². The highest BCUT2D eigenvalue weighted by atomic mass is 32.2. The van der Waals surface area contributed by atoms with E-state index < -0.39 is 0 Å². The molecule has 29 heavy (non-hydrogen) atoms. The predicted octanol–water partition coefficient (Wildman–Crippen LogP) is 4.10. The van der Waals surface area contributed by atoms with E-state index in [2.05, 4.69) is 6.92 Å². The molecular weight excluding hydrogens is 404 g/mol. The summed E-state index contributed by atoms with van der Waals surface area (Å²) in [6.07, 6.45) is 0.761. The number of hydrogen-bond donors (Lipinski definition) is 0. The zero-order valence-corrected chi connectivity index (χ0v) is 17.5. The Morgan fingerprint density at radius 1 is 1.17 bits per heavy atom. The van der Waals surface area contributed by atoms with Gasteiger partial charge in [0.2, 0.25) is 0 Å². The highest BCUT2D eigenvalue weighted by Gasteiger charge is 2.27. The zero-order chi connectivity index (χ0) is 20.2. The summed E-state index contributed by atoms with van der Waals surface area (Å²) < 4.78 is 6.95. The lowest BCUT2D eigenvalue weighted by atomic mass is 10.2. The number of fused-ring (bicyclic) bond motifs is 1. The van der Waals surface area contributed by atoms with E-state index in [1.165, 1.54) is 11.8 Å². The molecular formula is C22H20N2O3S2. The Labute approximate surface area is 177 Å². The van der Waals surface area contributed by atoms with Crippen molar-refractivity contribution in [2.45, 2.75) is 35.3 Å². The van der Waals surface area contributed by atoms with Crippen LogP contribution in [0.25, 0.3) is 5.69 Å². The van der Waals surface area contributed by atoms with Crippen LogP contribution in [0, 0.1) is 0 Å². The molecule has 1 unspecified atom stereocenters. The molecule has 1 atom stereocenters. The molecule has 0 radical (unpaired) electrons. The smallest absolute Gasteiger partial charge is 0.316 e. The molecule has 4 rings (SSSR count). The van der Waals surface area contributed by atoms with Crippen LogP contribution in [0.5, 0.6) is 0 Å². The van der Waals surface area contributed by atoms with Gasteiger partial charge in [0, 0.05) is 11.7 Å². The fraction of sp³-hybridized carbons (Fsp3) is 0.227. The molecule has 5 nitrogen and oxygen atoms in total. The molecule has 1 aromatic heterocycles. The third-order valence-electron chi connectivity index (χ3n) is 4.46. The number of esters is 1. The Morgan fingerprint density at radius 2 is 1.86 bits per heavy atom. The van der Waals surface area contributed by atoms with E-state index in [4.69, 9.17) is 9.72 Å². The van der Waals surface area contributed by atoms with Crippen molar-refractivity contribution < 1.29 is 9.53 Å². The summed E-state index contributed by atoms with van der Waals surface area (Å²) in [4.78, 5) is 30.8. The monoisotopic (exact) mass is 424 g/mol. The minimum atomic E-state index is -0.337. The number of carbonyl (C=O) groups is 1. The average Bonchev–Trinajstić information content (AvgIpc) is 3.13. The molecule has 2 heterocycles. The number of rotatable bonds is 6. The number of hydrogen-bond acceptors (Lipinski definition) is 6. The molecule has 1 aliphatic rings. The first-order valence-corrected chi connectivity index (χ1v) is 11.2. The lowest BCUT2D eigenvalue weighted by Gasteiger charge is -2.13. The van der Waals surface area contributed by atoms with Crippen LogP contribution in [-0.4, -0.2) is 26.5 Å². The molecule has 0 saturated heterocycles. The molecule has 0 aliphatic carbocycles. The largest absolute Gasteiger partial charge is 0.460 e. The van der Waals surface area contributed by atoms with Gasteiger partial charge in [0.25, 0.3) is 5.56 Å². The summed E-state index contributed by atoms with van der Waals surface area (Å²) in [6.45, 7) is 2.32. The molecule has 148 valence electrons. The number of ether oxygens (including phenoxy) is 1. The van der Waals surface area contributed by atoms with Crippen molar-refractivity contribution in [3.8, 4) is 5.69 Å². The lowest BCUT2D eigenvalue weighted by molar-refractivity contribution is -0.141. The summed E-state index contributed by atoms with van der Waals surface area (Å²) in [5, 5.41) is 0.844. The molecule has 1 aliphatic heterocycles. The van der Waals surface area contributed by atoms with Crippen molar-refractivity contribution in [2.75, 3.05) is 5.75 Å². The van der Waals surface area contributed by atoms with Crippen LogP contribution in [0.1, 0.15) is 18.2 Å². The van der Waals surface area contributed by atoms with E-state index in [1.807, 2.05) is 60.7 Å². The normalized spacial score (nSPS) is 15.1. The third kappa shape index (κ3) is 4.57. The Hall–Kier alpha value is -2.51. The molecule has 0 saturated carbocycles. The van der Waals surface area contributed by atoms with Crippen LogP contribution in [0.2, 0.25) is 0 Å². The quantitative estimate of drug-likeness (QED) is 0.337. The highest BCUT2D eigenvalue weighted by Crippen LogP contribution is 2.34. The van der Waals surface area contributed by atoms with Gasteiger partial charge in [0.05, 0.1) is 22.0 Å². The standard InChI is InChI=1S/C22H20N2O3S2/c1-15-12-18-20(29-15)21(26)24(17-10-6-3-7-11-17)22(23-18)28-14-19(25)27-13-16-8-4-2-5-9-16/h2-11,15H,12-14H2,1H3. The van der Waals surface area contributed by atoms with Crippen LogP contribution in [0.4, 0.5) is 0 Å². The summed E-state index contributed by atoms with van der Waals surface area (Å²) in [5.41, 5.74) is 2.43. The van der Waals surface area contributed by atoms with Gasteiger partial charge in [-0.1, -0.05) is 67.2 Å². The van der Waals surface area contributed by atoms with Crippen LogP contribution >= 0.6 is 23.5 Å². The lowest BCUT2D eigenvalue weighted by Crippen LogP contribution is -2.24. The first kappa shape index (κ1) is 19.8. The van der Waals surface area contributed by atoms with E-state index >= 15 is 0 Å². The molecule has 3 aromatic rings. The predicted molar refractivity (Wildman–Crippen MR) is 116 cm³/mol. The second-order valence-electron chi connectivity index (χ2n) is 6.71. The van der Waals surface area contributed by atoms with Gasteiger partial charge in [-0.3, -0.25) is 14.2 Å². The number of aromatic nitrogens is 2. The second-order valence-corrected chi connectivity index (χ2v) is 9.11. The second kappa shape index (κ2) is 8.88. The van der Waals surface area contributed by atoms with Crippen LogP contribution in [0.15, 0.2) is 75.5 Å². The van der Waals surface area contributed by atoms with Crippen LogP contribution in [-0.2, 0) is 22.6 Å². The van der Waals surface area contributed by atoms with Gasteiger partial charge in [-0.05, 0) is 17.7 Å². The number of carbonyl (C=O) groups excluding carboxylic acids is 1. The molecule has 2 aromatic carbocycles. The molecule has 0 spiro atoms. The van der Waals surface area contributed by atoms with Crippen molar-refractivity contribution >= 4 is 29.5 Å². The van der Waals surface area contributed by atoms with Crippen LogP contribution in [0.3, 0.4) is 0 Å². The maximum absolute atomic E-state index is 13.2. The fourth-order valence-corrected chi connectivity index (χ4v) is 5.03. The zero-order valence-electron chi connectivity index (χ0n) is 15.9. The molecule has 7 heteroatoms. The summed E-state index contributed by atoms with van der Waals surface area (Å²) in [6, 6.07) is 19.0. The Balaban J connectivity index is 1.55. The van der Waals surface area contributed by atoms with Crippen molar-refractivity contribution in [3.05, 3.63) is 82.3 Å². The fourth-order valence-electron chi connectivity index (χ4n) is 3.10. The van der Waals surface area contributed by atoms with E-state index in [0.29, 0.717) is 15.3 Å². The van der Waals surface area contributed by atoms with Gasteiger partial charge in [0.1, 0.15) is 6.61 Å². The van der Waals surface area contributed by atoms with Crippen LogP contribution < -0.4 is 5.56 Å². The number of nitrogens with zero attached hydrogens (tertiary/aromatic N) is 2. The van der Waals surface area contributed by atoms with Crippen molar-refractivity contribution in [1.29, 1.82) is 0 Å². The summed E-state index contributed by atoms with van der Waals surface area (Å²) in [5.74, 6) is -0.246. The minimum Gasteiger partial charge on any atom is -0.460 e. The van der Waals surface area contributed by atoms with Crippen molar-refractivity contribution in [3.63, 3.8) is 0 Å². The highest BCUT2D eigenvalue weighted by molar-refractivity contribution is 8.00. The number of benzene rings is 2. The molecule has 0 amide bonds. The minimum absolute atomic E-state index is 0.0734. The Bertz CT molecular complexity index is 1070. The maximum atomic E-state index is 13.2. The SMILES string of the molecule is CC1Cc2nc(SCC(=O)OCc3ccccc3)n(-c3ccccc3)c(=O)c2S1. The third-order valence-corrected chi connectivity index (χ3v) is 6.58. The number of thioether (sulfide) groups is 2. The molecule has 0 bridgehead atoms. The maximum Gasteiger partial charge on any atom is 0.316 e. The first-order chi connectivity index (χ1) is 14.1. The molecule has 0 N–H and O–H groups in total. The number of para-hydroxylation sites is 1. The van der Waals surface area contributed by atoms with Crippen molar-refractivity contribution in [1.82, 2.24) is 9.55 Å². The van der Waals surface area contributed by atoms with E-state index in [0.717, 1.165) is 23.4 Å². The Kier molecular flexibility index (Phi) is 6.06. The summed E-state index contributed by atoms with van der Waals surface area (Å²) >= 11 is 2.80. The van der Waals surface area contributed by atoms with Gasteiger partial charge in [-0.15, -0.1) is 11.8 Å². The average molecular weight is 425 g/mol. The summed E-state index contributed by atoms with van der Waals surface area (Å²) in [7, 11) is 0. The van der Waals surface area contributed by atoms with Gasteiger partial charge in [-0.25, -0.2) is 4.98 Å². The van der Waals surface area contributed by atoms with E-state index in [9.17, 15) is 9.59 Å². The topological polar surface area (TPSA) is 61.2 Å². The van der Waals surface area contributed by atoms with Gasteiger partial charge < -0.3 is 4.74 Å². The van der Waals surface area contributed by atoms with Crippen molar-refractivity contribution in [2.24, 2.45) is 0 Å². The van der Waals surface area contributed by atoms with Gasteiger partial charge >= 0.3 is 5.97 Å². The molecule has 0 fully saturated rings.